The molecule has 2 N–H and O–H groups in total. The highest BCUT2D eigenvalue weighted by atomic mass is 16.4. The summed E-state index contributed by atoms with van der Waals surface area (Å²) in [5.41, 5.74) is 0.435. The van der Waals surface area contributed by atoms with Gasteiger partial charge in [-0.1, -0.05) is 19.3 Å². The molecule has 8 nitrogen and oxygen atoms in total. The average Bonchev–Trinajstić information content (AvgIpc) is 2.90. The van der Waals surface area contributed by atoms with E-state index >= 15 is 0 Å². The van der Waals surface area contributed by atoms with Crippen LogP contribution in [0, 0.1) is 0 Å². The summed E-state index contributed by atoms with van der Waals surface area (Å²) in [6, 6.07) is 0.306. The van der Waals surface area contributed by atoms with Crippen LogP contribution < -0.4 is 5.56 Å². The number of fused-ring (bicyclic) bond motifs is 1. The Morgan fingerprint density at radius 2 is 2.00 bits per heavy atom. The van der Waals surface area contributed by atoms with Crippen LogP contribution >= 0.6 is 0 Å². The fourth-order valence-electron chi connectivity index (χ4n) is 3.55. The number of H-pyrrole nitrogens is 1. The second kappa shape index (κ2) is 5.36. The number of nitrogens with zero attached hydrogens (tertiary/aromatic N) is 4. The lowest BCUT2D eigenvalue weighted by Gasteiger charge is -2.36. The predicted molar refractivity (Wildman–Crippen MR) is 82.6 cm³/mol. The number of aromatic amines is 1. The van der Waals surface area contributed by atoms with Gasteiger partial charge in [-0.3, -0.25) is 4.79 Å². The number of likely N-dealkylation sites (tertiary alicyclic amines) is 1. The van der Waals surface area contributed by atoms with Crippen molar-refractivity contribution in [1.82, 2.24) is 24.6 Å². The molecule has 0 unspecified atom stereocenters. The van der Waals surface area contributed by atoms with E-state index < -0.39 is 6.09 Å². The van der Waals surface area contributed by atoms with Gasteiger partial charge in [0.1, 0.15) is 11.2 Å². The van der Waals surface area contributed by atoms with Gasteiger partial charge in [-0.05, 0) is 12.8 Å². The molecular weight excluding hydrogens is 298 g/mol. The highest BCUT2D eigenvalue weighted by Gasteiger charge is 2.34. The topological polar surface area (TPSA) is 104 Å². The minimum atomic E-state index is -0.933. The van der Waals surface area contributed by atoms with E-state index in [2.05, 4.69) is 15.1 Å². The van der Waals surface area contributed by atoms with Crippen molar-refractivity contribution in [2.75, 3.05) is 13.1 Å². The molecule has 23 heavy (non-hydrogen) atoms. The van der Waals surface area contributed by atoms with Gasteiger partial charge in [0, 0.05) is 13.1 Å². The molecule has 122 valence electrons. The third kappa shape index (κ3) is 2.38. The molecule has 8 heteroatoms. The number of rotatable bonds is 2. The second-order valence-corrected chi connectivity index (χ2v) is 6.45. The van der Waals surface area contributed by atoms with Crippen LogP contribution in [0.2, 0.25) is 0 Å². The molecule has 1 saturated carbocycles. The molecule has 1 aliphatic carbocycles. The van der Waals surface area contributed by atoms with Crippen molar-refractivity contribution < 1.29 is 9.90 Å². The van der Waals surface area contributed by atoms with E-state index in [9.17, 15) is 9.59 Å². The zero-order valence-corrected chi connectivity index (χ0v) is 12.7. The van der Waals surface area contributed by atoms with Crippen molar-refractivity contribution in [3.63, 3.8) is 0 Å². The summed E-state index contributed by atoms with van der Waals surface area (Å²) in [6.07, 6.45) is 6.40. The molecule has 1 saturated heterocycles. The molecule has 0 atom stereocenters. The van der Waals surface area contributed by atoms with E-state index in [-0.39, 0.29) is 11.5 Å². The van der Waals surface area contributed by atoms with Crippen LogP contribution in [0.1, 0.15) is 49.9 Å². The number of carboxylic acid groups (broad SMARTS) is 1. The van der Waals surface area contributed by atoms with Crippen LogP contribution in [0.25, 0.3) is 11.0 Å². The van der Waals surface area contributed by atoms with Crippen LogP contribution in [0.15, 0.2) is 11.0 Å². The fourth-order valence-corrected chi connectivity index (χ4v) is 3.55. The van der Waals surface area contributed by atoms with E-state index in [1.807, 2.05) is 4.68 Å². The molecule has 2 aromatic heterocycles. The Morgan fingerprint density at radius 1 is 1.26 bits per heavy atom. The SMILES string of the molecule is O=C(O)N1CC(c2nc3c(cnn3C3CCCCC3)c(=O)[nH]2)C1. The third-order valence-electron chi connectivity index (χ3n) is 4.94. The van der Waals surface area contributed by atoms with E-state index in [1.165, 1.54) is 24.2 Å². The number of hydrogen-bond acceptors (Lipinski definition) is 4. The number of carbonyl (C=O) groups is 1. The molecule has 2 aromatic rings. The monoisotopic (exact) mass is 317 g/mol. The lowest BCUT2D eigenvalue weighted by molar-refractivity contribution is 0.103. The fraction of sp³-hybridized carbons (Fsp3) is 0.600. The Hall–Kier alpha value is -2.38. The zero-order valence-electron chi connectivity index (χ0n) is 12.7. The smallest absolute Gasteiger partial charge is 0.407 e. The van der Waals surface area contributed by atoms with Gasteiger partial charge < -0.3 is 15.0 Å². The maximum absolute atomic E-state index is 12.3. The molecule has 0 aromatic carbocycles. The van der Waals surface area contributed by atoms with Crippen LogP contribution in [-0.2, 0) is 0 Å². The van der Waals surface area contributed by atoms with E-state index in [0.29, 0.717) is 36.0 Å². The lowest BCUT2D eigenvalue weighted by Crippen LogP contribution is -2.48. The average molecular weight is 317 g/mol. The summed E-state index contributed by atoms with van der Waals surface area (Å²) < 4.78 is 1.89. The molecular formula is C15H19N5O3. The van der Waals surface area contributed by atoms with Crippen molar-refractivity contribution >= 4 is 17.1 Å². The molecule has 0 spiro atoms. The van der Waals surface area contributed by atoms with Gasteiger partial charge in [0.2, 0.25) is 0 Å². The lowest BCUT2D eigenvalue weighted by atomic mass is 9.96. The first-order valence-electron chi connectivity index (χ1n) is 8.09. The van der Waals surface area contributed by atoms with E-state index in [0.717, 1.165) is 12.8 Å². The summed E-state index contributed by atoms with van der Waals surface area (Å²) in [6.45, 7) is 0.753. The molecule has 4 rings (SSSR count). The summed E-state index contributed by atoms with van der Waals surface area (Å²) in [4.78, 5) is 31.9. The first-order valence-corrected chi connectivity index (χ1v) is 8.09. The summed E-state index contributed by atoms with van der Waals surface area (Å²) >= 11 is 0. The third-order valence-corrected chi connectivity index (χ3v) is 4.94. The molecule has 0 bridgehead atoms. The molecule has 2 aliphatic rings. The Balaban J connectivity index is 1.68. The van der Waals surface area contributed by atoms with Crippen LogP contribution in [0.5, 0.6) is 0 Å². The van der Waals surface area contributed by atoms with Crippen LogP contribution in [-0.4, -0.2) is 48.9 Å². The highest BCUT2D eigenvalue weighted by Crippen LogP contribution is 2.30. The van der Waals surface area contributed by atoms with Gasteiger partial charge in [-0.2, -0.15) is 5.10 Å². The second-order valence-electron chi connectivity index (χ2n) is 6.45. The molecule has 0 radical (unpaired) electrons. The normalized spacial score (nSPS) is 19.9. The van der Waals surface area contributed by atoms with E-state index in [1.54, 1.807) is 6.20 Å². The Morgan fingerprint density at radius 3 is 2.70 bits per heavy atom. The molecule has 3 heterocycles. The van der Waals surface area contributed by atoms with Gasteiger partial charge in [-0.15, -0.1) is 0 Å². The molecule has 1 aliphatic heterocycles. The number of amides is 1. The summed E-state index contributed by atoms with van der Waals surface area (Å²) in [5, 5.41) is 13.8. The van der Waals surface area contributed by atoms with Gasteiger partial charge in [0.15, 0.2) is 5.65 Å². The van der Waals surface area contributed by atoms with Gasteiger partial charge in [0.05, 0.1) is 18.2 Å². The Labute approximate surface area is 132 Å². The number of aromatic nitrogens is 4. The Bertz CT molecular complexity index is 799. The standard InChI is InChI=1S/C15H19N5O3/c21-14-11-6-16-20(10-4-2-1-3-5-10)13(11)17-12(18-14)9-7-19(8-9)15(22)23/h6,9-10H,1-5,7-8H2,(H,22,23)(H,17,18,21). The number of nitrogens with one attached hydrogen (secondary N) is 1. The Kier molecular flexibility index (Phi) is 3.32. The van der Waals surface area contributed by atoms with Gasteiger partial charge >= 0.3 is 6.09 Å². The maximum atomic E-state index is 12.3. The van der Waals surface area contributed by atoms with Crippen molar-refractivity contribution in [3.8, 4) is 0 Å². The first-order chi connectivity index (χ1) is 11.1. The largest absolute Gasteiger partial charge is 0.465 e. The van der Waals surface area contributed by atoms with Crippen molar-refractivity contribution in [2.24, 2.45) is 0 Å². The summed E-state index contributed by atoms with van der Waals surface area (Å²) in [7, 11) is 0. The van der Waals surface area contributed by atoms with Gasteiger partial charge in [0.25, 0.3) is 5.56 Å². The zero-order chi connectivity index (χ0) is 16.0. The predicted octanol–water partition coefficient (Wildman–Crippen LogP) is 1.70. The van der Waals surface area contributed by atoms with Crippen LogP contribution in [0.3, 0.4) is 0 Å². The van der Waals surface area contributed by atoms with Gasteiger partial charge in [-0.25, -0.2) is 14.5 Å². The molecule has 1 amide bonds. The summed E-state index contributed by atoms with van der Waals surface area (Å²) in [5.74, 6) is 0.524. The quantitative estimate of drug-likeness (QED) is 0.877. The number of hydrogen-bond donors (Lipinski definition) is 2. The molecule has 2 fully saturated rings. The van der Waals surface area contributed by atoms with Crippen LogP contribution in [0.4, 0.5) is 4.79 Å². The first kappa shape index (κ1) is 14.2. The van der Waals surface area contributed by atoms with Crippen molar-refractivity contribution in [3.05, 3.63) is 22.4 Å². The van der Waals surface area contributed by atoms with Crippen molar-refractivity contribution in [1.29, 1.82) is 0 Å². The van der Waals surface area contributed by atoms with Crippen molar-refractivity contribution in [2.45, 2.75) is 44.1 Å². The minimum absolute atomic E-state index is 0.0436. The maximum Gasteiger partial charge on any atom is 0.407 e. The van der Waals surface area contributed by atoms with E-state index in [4.69, 9.17) is 5.11 Å². The highest BCUT2D eigenvalue weighted by molar-refractivity contribution is 5.73. The minimum Gasteiger partial charge on any atom is -0.465 e.